The molecule has 0 aromatic carbocycles. The molecule has 0 heterocycles. The largest absolute Gasteiger partial charge is 0.411 e. The van der Waals surface area contributed by atoms with Crippen molar-refractivity contribution in [3.63, 3.8) is 0 Å². The Hall–Kier alpha value is -0.790. The molecule has 0 aliphatic heterocycles. The molecular formula is C30H49NO. The average molecular weight is 440 g/mol. The van der Waals surface area contributed by atoms with Crippen LogP contribution >= 0.6 is 0 Å². The lowest BCUT2D eigenvalue weighted by molar-refractivity contribution is -0.226. The summed E-state index contributed by atoms with van der Waals surface area (Å²) in [5, 5.41) is 13.5. The Balaban J connectivity index is 1.54. The lowest BCUT2D eigenvalue weighted by Gasteiger charge is -2.72. The topological polar surface area (TPSA) is 32.6 Å². The fourth-order valence-electron chi connectivity index (χ4n) is 11.5. The van der Waals surface area contributed by atoms with E-state index in [0.717, 1.165) is 35.8 Å². The molecule has 0 aromatic rings. The molecule has 5 saturated carbocycles. The fourth-order valence-corrected chi connectivity index (χ4v) is 11.5. The van der Waals surface area contributed by atoms with E-state index in [4.69, 9.17) is 0 Å². The van der Waals surface area contributed by atoms with Crippen molar-refractivity contribution < 1.29 is 5.21 Å². The molecule has 0 amide bonds. The van der Waals surface area contributed by atoms with Gasteiger partial charge < -0.3 is 5.21 Å². The van der Waals surface area contributed by atoms with E-state index >= 15 is 0 Å². The van der Waals surface area contributed by atoms with Gasteiger partial charge in [-0.15, -0.1) is 0 Å². The zero-order valence-electron chi connectivity index (χ0n) is 22.1. The van der Waals surface area contributed by atoms with Gasteiger partial charge in [-0.05, 0) is 122 Å². The van der Waals surface area contributed by atoms with Crippen LogP contribution in [0.4, 0.5) is 0 Å². The van der Waals surface area contributed by atoms with Crippen LogP contribution in [0.3, 0.4) is 0 Å². The van der Waals surface area contributed by atoms with Crippen molar-refractivity contribution in [3.8, 4) is 0 Å². The van der Waals surface area contributed by atoms with E-state index in [1.54, 1.807) is 0 Å². The van der Waals surface area contributed by atoms with Gasteiger partial charge in [-0.3, -0.25) is 0 Å². The molecule has 32 heavy (non-hydrogen) atoms. The molecule has 0 spiro atoms. The smallest absolute Gasteiger partial charge is 0.0630 e. The number of hydrogen-bond donors (Lipinski definition) is 1. The van der Waals surface area contributed by atoms with Crippen LogP contribution in [0.25, 0.3) is 0 Å². The van der Waals surface area contributed by atoms with Gasteiger partial charge in [0, 0.05) is 5.41 Å². The standard InChI is InChI=1S/C30H49NO/c1-19(2)20-11-14-27(5)17-18-29(7)21(25(20)27)9-10-23-28(6)15-13-24(31-32)26(3,4)22(28)12-16-30(23,29)8/h20-23,25,32H,1,9-18H2,2-8H3/t20-,21+,22-,23+,25-,27+,28-,29+,30+/m0/s1. The van der Waals surface area contributed by atoms with Crippen LogP contribution in [0.15, 0.2) is 17.3 Å². The second-order valence-electron chi connectivity index (χ2n) is 14.6. The van der Waals surface area contributed by atoms with Crippen LogP contribution in [0.1, 0.15) is 113 Å². The van der Waals surface area contributed by atoms with Crippen molar-refractivity contribution in [2.24, 2.45) is 61.8 Å². The molecule has 1 N–H and O–H groups in total. The molecule has 5 aliphatic rings. The molecule has 0 aromatic heterocycles. The van der Waals surface area contributed by atoms with Crippen LogP contribution in [0.5, 0.6) is 0 Å². The first-order valence-electron chi connectivity index (χ1n) is 13.7. The maximum atomic E-state index is 9.74. The van der Waals surface area contributed by atoms with Gasteiger partial charge in [-0.2, -0.15) is 0 Å². The van der Waals surface area contributed by atoms with Gasteiger partial charge in [-0.1, -0.05) is 58.9 Å². The second kappa shape index (κ2) is 6.88. The summed E-state index contributed by atoms with van der Waals surface area (Å²) in [5.41, 5.74) is 4.29. The lowest BCUT2D eigenvalue weighted by Crippen LogP contribution is -2.66. The zero-order valence-corrected chi connectivity index (χ0v) is 22.1. The summed E-state index contributed by atoms with van der Waals surface area (Å²) in [6.07, 6.45) is 13.3. The zero-order chi connectivity index (χ0) is 23.3. The Morgan fingerprint density at radius 3 is 2.22 bits per heavy atom. The van der Waals surface area contributed by atoms with E-state index in [2.05, 4.69) is 60.2 Å². The van der Waals surface area contributed by atoms with Crippen molar-refractivity contribution in [2.45, 2.75) is 113 Å². The van der Waals surface area contributed by atoms with Crippen molar-refractivity contribution >= 4 is 5.71 Å². The third kappa shape index (κ3) is 2.62. The number of hydrogen-bond acceptors (Lipinski definition) is 2. The van der Waals surface area contributed by atoms with Gasteiger partial charge in [0.15, 0.2) is 0 Å². The molecular weight excluding hydrogens is 390 g/mol. The van der Waals surface area contributed by atoms with Crippen molar-refractivity contribution in [1.82, 2.24) is 0 Å². The number of rotatable bonds is 1. The quantitative estimate of drug-likeness (QED) is 0.248. The summed E-state index contributed by atoms with van der Waals surface area (Å²) < 4.78 is 0. The summed E-state index contributed by atoms with van der Waals surface area (Å²) in [6, 6.07) is 0. The van der Waals surface area contributed by atoms with Crippen LogP contribution in [-0.2, 0) is 0 Å². The van der Waals surface area contributed by atoms with Gasteiger partial charge >= 0.3 is 0 Å². The molecule has 0 unspecified atom stereocenters. The summed E-state index contributed by atoms with van der Waals surface area (Å²) in [5.74, 6) is 3.88. The van der Waals surface area contributed by atoms with E-state index in [1.165, 1.54) is 63.4 Å². The van der Waals surface area contributed by atoms with Gasteiger partial charge in [0.05, 0.1) is 5.71 Å². The minimum atomic E-state index is 0.0163. The van der Waals surface area contributed by atoms with Gasteiger partial charge in [0.2, 0.25) is 0 Å². The molecule has 180 valence electrons. The molecule has 0 bridgehead atoms. The Labute approximate surface area is 197 Å². The average Bonchev–Trinajstić information content (AvgIpc) is 3.06. The predicted octanol–water partition coefficient (Wildman–Crippen LogP) is 8.49. The third-order valence-electron chi connectivity index (χ3n) is 13.4. The summed E-state index contributed by atoms with van der Waals surface area (Å²) >= 11 is 0. The van der Waals surface area contributed by atoms with E-state index < -0.39 is 0 Å². The van der Waals surface area contributed by atoms with Crippen LogP contribution in [0.2, 0.25) is 0 Å². The Morgan fingerprint density at radius 1 is 0.844 bits per heavy atom. The van der Waals surface area contributed by atoms with Crippen molar-refractivity contribution in [3.05, 3.63) is 12.2 Å². The molecule has 0 saturated heterocycles. The highest BCUT2D eigenvalue weighted by Crippen LogP contribution is 2.77. The van der Waals surface area contributed by atoms with Crippen molar-refractivity contribution in [2.75, 3.05) is 0 Å². The summed E-state index contributed by atoms with van der Waals surface area (Å²) in [7, 11) is 0. The Kier molecular flexibility index (Phi) is 4.94. The lowest BCUT2D eigenvalue weighted by atomic mass is 9.32. The highest BCUT2D eigenvalue weighted by atomic mass is 16.4. The molecule has 2 heteroatoms. The Bertz CT molecular complexity index is 842. The second-order valence-corrected chi connectivity index (χ2v) is 14.6. The fraction of sp³-hybridized carbons (Fsp3) is 0.900. The maximum Gasteiger partial charge on any atom is 0.0630 e. The maximum absolute atomic E-state index is 9.74. The van der Waals surface area contributed by atoms with E-state index in [9.17, 15) is 5.21 Å². The number of allylic oxidation sites excluding steroid dienone is 1. The van der Waals surface area contributed by atoms with E-state index in [0.29, 0.717) is 27.6 Å². The highest BCUT2D eigenvalue weighted by molar-refractivity contribution is 5.90. The van der Waals surface area contributed by atoms with Gasteiger partial charge in [-0.25, -0.2) is 0 Å². The van der Waals surface area contributed by atoms with E-state index in [-0.39, 0.29) is 5.41 Å². The minimum Gasteiger partial charge on any atom is -0.411 e. The number of nitrogens with zero attached hydrogens (tertiary/aromatic N) is 1. The molecule has 5 rings (SSSR count). The van der Waals surface area contributed by atoms with E-state index in [1.807, 2.05) is 0 Å². The molecule has 5 fully saturated rings. The molecule has 5 aliphatic carbocycles. The minimum absolute atomic E-state index is 0.0163. The van der Waals surface area contributed by atoms with Crippen molar-refractivity contribution in [1.29, 1.82) is 0 Å². The van der Waals surface area contributed by atoms with Crippen LogP contribution in [-0.4, -0.2) is 10.9 Å². The normalized spacial score (nSPS) is 55.5. The summed E-state index contributed by atoms with van der Waals surface area (Å²) in [4.78, 5) is 0. The molecule has 0 radical (unpaired) electrons. The number of oxime groups is 1. The molecule has 9 atom stereocenters. The molecule has 2 nitrogen and oxygen atoms in total. The monoisotopic (exact) mass is 439 g/mol. The first-order chi connectivity index (χ1) is 14.8. The van der Waals surface area contributed by atoms with Crippen LogP contribution < -0.4 is 0 Å². The predicted molar refractivity (Wildman–Crippen MR) is 134 cm³/mol. The first-order valence-corrected chi connectivity index (χ1v) is 13.7. The SMILES string of the molecule is C=C(C)[C@@H]1CC[C@]2(C)CC[C@]3(C)[C@H](CC[C@@H]4[C@@]5(C)CCC(=NO)C(C)(C)[C@@H]5CC[C@]43C)[C@H]12. The van der Waals surface area contributed by atoms with Crippen LogP contribution in [0, 0.1) is 56.7 Å². The number of fused-ring (bicyclic) bond motifs is 7. The Morgan fingerprint density at radius 2 is 1.56 bits per heavy atom. The highest BCUT2D eigenvalue weighted by Gasteiger charge is 2.70. The summed E-state index contributed by atoms with van der Waals surface area (Å²) in [6.45, 7) is 22.2. The van der Waals surface area contributed by atoms with Gasteiger partial charge in [0.1, 0.15) is 0 Å². The first kappa shape index (κ1) is 23.0. The van der Waals surface area contributed by atoms with Gasteiger partial charge in [0.25, 0.3) is 0 Å². The third-order valence-corrected chi connectivity index (χ3v) is 13.4.